The van der Waals surface area contributed by atoms with Crippen molar-refractivity contribution in [1.29, 1.82) is 0 Å². The SMILES string of the molecule is O=c1[nH]cc(Sc2ccccc2)c2ccc(Cl)cc12. The Hall–Kier alpha value is -1.71. The van der Waals surface area contributed by atoms with Crippen LogP contribution in [0.1, 0.15) is 0 Å². The van der Waals surface area contributed by atoms with Crippen LogP contribution in [0.4, 0.5) is 0 Å². The zero-order valence-corrected chi connectivity index (χ0v) is 11.5. The number of hydrogen-bond donors (Lipinski definition) is 1. The molecular formula is C15H10ClNOS. The maximum atomic E-state index is 11.8. The molecule has 0 bridgehead atoms. The van der Waals surface area contributed by atoms with Crippen molar-refractivity contribution < 1.29 is 0 Å². The lowest BCUT2D eigenvalue weighted by Crippen LogP contribution is -2.05. The minimum Gasteiger partial charge on any atom is -0.327 e. The third kappa shape index (κ3) is 2.53. The maximum absolute atomic E-state index is 11.8. The van der Waals surface area contributed by atoms with Crippen LogP contribution in [0.5, 0.6) is 0 Å². The van der Waals surface area contributed by atoms with Crippen molar-refractivity contribution in [2.45, 2.75) is 9.79 Å². The normalized spacial score (nSPS) is 10.8. The fourth-order valence-corrected chi connectivity index (χ4v) is 3.03. The number of aromatic amines is 1. The summed E-state index contributed by atoms with van der Waals surface area (Å²) in [4.78, 5) is 16.7. The summed E-state index contributed by atoms with van der Waals surface area (Å²) < 4.78 is 0. The first kappa shape index (κ1) is 12.3. The van der Waals surface area contributed by atoms with Gasteiger partial charge in [-0.15, -0.1) is 0 Å². The summed E-state index contributed by atoms with van der Waals surface area (Å²) in [6.07, 6.45) is 1.75. The van der Waals surface area contributed by atoms with E-state index in [0.29, 0.717) is 10.4 Å². The molecule has 0 atom stereocenters. The van der Waals surface area contributed by atoms with Crippen molar-refractivity contribution in [2.75, 3.05) is 0 Å². The minimum absolute atomic E-state index is 0.116. The van der Waals surface area contributed by atoms with Crippen LogP contribution >= 0.6 is 23.4 Å². The second-order valence-corrected chi connectivity index (χ2v) is 5.64. The van der Waals surface area contributed by atoms with E-state index < -0.39 is 0 Å². The highest BCUT2D eigenvalue weighted by Gasteiger charge is 2.06. The highest BCUT2D eigenvalue weighted by molar-refractivity contribution is 7.99. The molecule has 0 fully saturated rings. The molecule has 1 heterocycles. The smallest absolute Gasteiger partial charge is 0.255 e. The van der Waals surface area contributed by atoms with Gasteiger partial charge in [-0.25, -0.2) is 0 Å². The van der Waals surface area contributed by atoms with Crippen LogP contribution in [0.2, 0.25) is 5.02 Å². The second-order valence-electron chi connectivity index (χ2n) is 4.09. The molecule has 0 aliphatic carbocycles. The lowest BCUT2D eigenvalue weighted by atomic mass is 10.2. The van der Waals surface area contributed by atoms with Gasteiger partial charge >= 0.3 is 0 Å². The van der Waals surface area contributed by atoms with Gasteiger partial charge in [0.25, 0.3) is 5.56 Å². The zero-order chi connectivity index (χ0) is 13.2. The largest absolute Gasteiger partial charge is 0.327 e. The summed E-state index contributed by atoms with van der Waals surface area (Å²) in [7, 11) is 0. The molecular weight excluding hydrogens is 278 g/mol. The maximum Gasteiger partial charge on any atom is 0.255 e. The van der Waals surface area contributed by atoms with Crippen molar-refractivity contribution in [3.05, 3.63) is 70.1 Å². The predicted octanol–water partition coefficient (Wildman–Crippen LogP) is 4.33. The van der Waals surface area contributed by atoms with Gasteiger partial charge in [-0.05, 0) is 24.3 Å². The van der Waals surface area contributed by atoms with Gasteiger partial charge in [0, 0.05) is 31.8 Å². The first-order valence-corrected chi connectivity index (χ1v) is 6.97. The van der Waals surface area contributed by atoms with Gasteiger partial charge in [0.1, 0.15) is 0 Å². The molecule has 0 saturated heterocycles. The number of aromatic nitrogens is 1. The van der Waals surface area contributed by atoms with Crippen molar-refractivity contribution in [2.24, 2.45) is 0 Å². The molecule has 1 aromatic heterocycles. The van der Waals surface area contributed by atoms with Crippen LogP contribution in [0.25, 0.3) is 10.8 Å². The summed E-state index contributed by atoms with van der Waals surface area (Å²) in [5.41, 5.74) is -0.116. The van der Waals surface area contributed by atoms with Crippen molar-refractivity contribution in [3.63, 3.8) is 0 Å². The summed E-state index contributed by atoms with van der Waals surface area (Å²) in [5.74, 6) is 0. The Labute approximate surface area is 119 Å². The van der Waals surface area contributed by atoms with E-state index >= 15 is 0 Å². The molecule has 4 heteroatoms. The highest BCUT2D eigenvalue weighted by atomic mass is 35.5. The van der Waals surface area contributed by atoms with E-state index in [9.17, 15) is 4.79 Å². The molecule has 0 amide bonds. The number of rotatable bonds is 2. The second kappa shape index (κ2) is 5.11. The molecule has 0 unspecified atom stereocenters. The predicted molar refractivity (Wildman–Crippen MR) is 80.1 cm³/mol. The quantitative estimate of drug-likeness (QED) is 0.761. The Kier molecular flexibility index (Phi) is 3.32. The average Bonchev–Trinajstić information content (AvgIpc) is 2.43. The molecule has 19 heavy (non-hydrogen) atoms. The molecule has 94 valence electrons. The summed E-state index contributed by atoms with van der Waals surface area (Å²) in [6.45, 7) is 0. The number of hydrogen-bond acceptors (Lipinski definition) is 2. The van der Waals surface area contributed by atoms with Gasteiger partial charge in [-0.1, -0.05) is 47.6 Å². The van der Waals surface area contributed by atoms with E-state index in [1.165, 1.54) is 0 Å². The first-order chi connectivity index (χ1) is 9.24. The molecule has 0 radical (unpaired) electrons. The van der Waals surface area contributed by atoms with E-state index in [-0.39, 0.29) is 5.56 Å². The third-order valence-electron chi connectivity index (χ3n) is 2.80. The van der Waals surface area contributed by atoms with Gasteiger partial charge in [0.15, 0.2) is 0 Å². The van der Waals surface area contributed by atoms with Crippen molar-refractivity contribution >= 4 is 34.1 Å². The van der Waals surface area contributed by atoms with E-state index in [1.807, 2.05) is 36.4 Å². The first-order valence-electron chi connectivity index (χ1n) is 5.78. The number of nitrogens with one attached hydrogen (secondary N) is 1. The lowest BCUT2D eigenvalue weighted by Gasteiger charge is -2.06. The van der Waals surface area contributed by atoms with E-state index in [4.69, 9.17) is 11.6 Å². The zero-order valence-electron chi connectivity index (χ0n) is 9.89. The number of pyridine rings is 1. The number of H-pyrrole nitrogens is 1. The number of halogens is 1. The standard InChI is InChI=1S/C15H10ClNOS/c16-10-6-7-12-13(8-10)15(18)17-9-14(12)19-11-4-2-1-3-5-11/h1-9H,(H,17,18). The summed E-state index contributed by atoms with van der Waals surface area (Å²) >= 11 is 7.56. The van der Waals surface area contributed by atoms with Crippen LogP contribution in [-0.4, -0.2) is 4.98 Å². The van der Waals surface area contributed by atoms with Crippen LogP contribution in [-0.2, 0) is 0 Å². The molecule has 0 spiro atoms. The van der Waals surface area contributed by atoms with Gasteiger partial charge in [0.05, 0.1) is 0 Å². The molecule has 3 aromatic rings. The van der Waals surface area contributed by atoms with Crippen LogP contribution in [0.15, 0.2) is 69.3 Å². The number of fused-ring (bicyclic) bond motifs is 1. The highest BCUT2D eigenvalue weighted by Crippen LogP contribution is 2.32. The topological polar surface area (TPSA) is 32.9 Å². The van der Waals surface area contributed by atoms with Gasteiger partial charge in [-0.2, -0.15) is 0 Å². The van der Waals surface area contributed by atoms with Crippen LogP contribution in [0.3, 0.4) is 0 Å². The minimum atomic E-state index is -0.116. The number of benzene rings is 2. The lowest BCUT2D eigenvalue weighted by molar-refractivity contribution is 1.22. The van der Waals surface area contributed by atoms with Gasteiger partial charge in [0.2, 0.25) is 0 Å². The fourth-order valence-electron chi connectivity index (χ4n) is 1.91. The van der Waals surface area contributed by atoms with Crippen LogP contribution < -0.4 is 5.56 Å². The third-order valence-corrected chi connectivity index (χ3v) is 4.10. The Balaban J connectivity index is 2.15. The fraction of sp³-hybridized carbons (Fsp3) is 0. The molecule has 0 aliphatic heterocycles. The Morgan fingerprint density at radius 2 is 1.79 bits per heavy atom. The molecule has 3 rings (SSSR count). The summed E-state index contributed by atoms with van der Waals surface area (Å²) in [5, 5.41) is 2.11. The molecule has 2 aromatic carbocycles. The monoisotopic (exact) mass is 287 g/mol. The molecule has 1 N–H and O–H groups in total. The average molecular weight is 288 g/mol. The van der Waals surface area contributed by atoms with Gasteiger partial charge in [-0.3, -0.25) is 4.79 Å². The van der Waals surface area contributed by atoms with Crippen molar-refractivity contribution in [3.8, 4) is 0 Å². The molecule has 2 nitrogen and oxygen atoms in total. The van der Waals surface area contributed by atoms with Crippen molar-refractivity contribution in [1.82, 2.24) is 4.98 Å². The Morgan fingerprint density at radius 1 is 1.00 bits per heavy atom. The van der Waals surface area contributed by atoms with Gasteiger partial charge < -0.3 is 4.98 Å². The Bertz CT molecular complexity index is 783. The molecule has 0 saturated carbocycles. The van der Waals surface area contributed by atoms with Crippen LogP contribution in [0, 0.1) is 0 Å². The van der Waals surface area contributed by atoms with E-state index in [1.54, 1.807) is 30.1 Å². The summed E-state index contributed by atoms with van der Waals surface area (Å²) in [6, 6.07) is 15.4. The molecule has 0 aliphatic rings. The Morgan fingerprint density at radius 3 is 2.58 bits per heavy atom. The van der Waals surface area contributed by atoms with E-state index in [2.05, 4.69) is 4.98 Å². The van der Waals surface area contributed by atoms with E-state index in [0.717, 1.165) is 15.2 Å².